The number of nitrogens with zero attached hydrogens (tertiary/aromatic N) is 1. The van der Waals surface area contributed by atoms with Crippen molar-refractivity contribution < 1.29 is 9.15 Å². The molecular weight excluding hydrogens is 290 g/mol. The summed E-state index contributed by atoms with van der Waals surface area (Å²) < 4.78 is 10.7. The minimum absolute atomic E-state index is 0.696. The van der Waals surface area contributed by atoms with Crippen molar-refractivity contribution >= 4 is 23.1 Å². The number of thiophene rings is 1. The lowest BCUT2D eigenvalue weighted by Crippen LogP contribution is -1.84. The Hall–Kier alpha value is -1.72. The molecule has 3 aromatic rings. The first-order valence-electron chi connectivity index (χ1n) is 6.10. The van der Waals surface area contributed by atoms with Crippen LogP contribution in [0.5, 0.6) is 5.75 Å². The van der Waals surface area contributed by atoms with Crippen molar-refractivity contribution in [1.29, 1.82) is 0 Å². The lowest BCUT2D eigenvalue weighted by Gasteiger charge is -2.02. The number of benzene rings is 1. The highest BCUT2D eigenvalue weighted by Gasteiger charge is 2.08. The number of methoxy groups -OCH3 is 1. The summed E-state index contributed by atoms with van der Waals surface area (Å²) in [7, 11) is 1.68. The summed E-state index contributed by atoms with van der Waals surface area (Å²) in [6, 6.07) is 12.0. The van der Waals surface area contributed by atoms with Crippen molar-refractivity contribution in [1.82, 2.24) is 4.98 Å². The smallest absolute Gasteiger partial charge is 0.236 e. The van der Waals surface area contributed by atoms with Crippen LogP contribution in [0.1, 0.15) is 5.69 Å². The summed E-state index contributed by atoms with van der Waals surface area (Å²) in [6.45, 7) is 0. The van der Waals surface area contributed by atoms with Crippen LogP contribution in [0, 0.1) is 0 Å². The van der Waals surface area contributed by atoms with E-state index in [-0.39, 0.29) is 0 Å². The first-order chi connectivity index (χ1) is 9.85. The minimum atomic E-state index is 0.696. The Morgan fingerprint density at radius 2 is 2.25 bits per heavy atom. The maximum absolute atomic E-state index is 5.50. The Morgan fingerprint density at radius 3 is 3.05 bits per heavy atom. The van der Waals surface area contributed by atoms with Crippen LogP contribution in [-0.2, 0) is 5.75 Å². The zero-order valence-corrected chi connectivity index (χ0v) is 12.5. The standard InChI is InChI=1S/C15H13NO2S2/c1-17-12-4-2-5-13(8-12)20-10-11-9-18-15(16-11)14-6-3-7-19-14/h2-9H,10H2,1H3. The molecule has 0 unspecified atom stereocenters. The largest absolute Gasteiger partial charge is 0.497 e. The number of thioether (sulfide) groups is 1. The third kappa shape index (κ3) is 3.05. The van der Waals surface area contributed by atoms with E-state index in [0.717, 1.165) is 27.0 Å². The lowest BCUT2D eigenvalue weighted by atomic mass is 10.3. The van der Waals surface area contributed by atoms with E-state index in [1.807, 2.05) is 35.7 Å². The quantitative estimate of drug-likeness (QED) is 0.640. The highest BCUT2D eigenvalue weighted by molar-refractivity contribution is 7.98. The van der Waals surface area contributed by atoms with E-state index in [9.17, 15) is 0 Å². The Morgan fingerprint density at radius 1 is 1.30 bits per heavy atom. The van der Waals surface area contributed by atoms with Crippen molar-refractivity contribution in [2.24, 2.45) is 0 Å². The normalized spacial score (nSPS) is 10.7. The van der Waals surface area contributed by atoms with Gasteiger partial charge in [0.25, 0.3) is 0 Å². The number of rotatable bonds is 5. The lowest BCUT2D eigenvalue weighted by molar-refractivity contribution is 0.413. The van der Waals surface area contributed by atoms with Gasteiger partial charge in [-0.3, -0.25) is 0 Å². The molecule has 0 aliphatic carbocycles. The maximum Gasteiger partial charge on any atom is 0.236 e. The highest BCUT2D eigenvalue weighted by atomic mass is 32.2. The van der Waals surface area contributed by atoms with Crippen LogP contribution >= 0.6 is 23.1 Å². The molecule has 1 aromatic carbocycles. The van der Waals surface area contributed by atoms with Gasteiger partial charge < -0.3 is 9.15 Å². The third-order valence-electron chi connectivity index (χ3n) is 2.71. The number of ether oxygens (including phenoxy) is 1. The molecule has 0 atom stereocenters. The first-order valence-corrected chi connectivity index (χ1v) is 7.97. The van der Waals surface area contributed by atoms with Crippen molar-refractivity contribution in [2.75, 3.05) is 7.11 Å². The van der Waals surface area contributed by atoms with Crippen molar-refractivity contribution in [3.63, 3.8) is 0 Å². The second kappa shape index (κ2) is 6.15. The number of hydrogen-bond donors (Lipinski definition) is 0. The Labute approximate surface area is 125 Å². The van der Waals surface area contributed by atoms with E-state index in [0.29, 0.717) is 5.89 Å². The molecule has 0 saturated heterocycles. The molecule has 0 N–H and O–H groups in total. The monoisotopic (exact) mass is 303 g/mol. The summed E-state index contributed by atoms with van der Waals surface area (Å²) >= 11 is 3.34. The fourth-order valence-electron chi connectivity index (χ4n) is 1.73. The molecule has 0 fully saturated rings. The molecule has 0 saturated carbocycles. The second-order valence-electron chi connectivity index (χ2n) is 4.09. The summed E-state index contributed by atoms with van der Waals surface area (Å²) in [5.74, 6) is 2.35. The fourth-order valence-corrected chi connectivity index (χ4v) is 3.21. The zero-order chi connectivity index (χ0) is 13.8. The average molecular weight is 303 g/mol. The number of aromatic nitrogens is 1. The molecule has 3 nitrogen and oxygen atoms in total. The van der Waals surface area contributed by atoms with Gasteiger partial charge in [0.05, 0.1) is 17.7 Å². The molecule has 20 heavy (non-hydrogen) atoms. The average Bonchev–Trinajstić information content (AvgIpc) is 3.16. The highest BCUT2D eigenvalue weighted by Crippen LogP contribution is 2.28. The molecule has 5 heteroatoms. The van der Waals surface area contributed by atoms with Gasteiger partial charge in [0.1, 0.15) is 12.0 Å². The van der Waals surface area contributed by atoms with Crippen LogP contribution in [0.4, 0.5) is 0 Å². The molecule has 3 rings (SSSR count). The van der Waals surface area contributed by atoms with Gasteiger partial charge in [-0.25, -0.2) is 4.98 Å². The maximum atomic E-state index is 5.50. The van der Waals surface area contributed by atoms with Gasteiger partial charge in [-0.2, -0.15) is 0 Å². The molecule has 2 aromatic heterocycles. The van der Waals surface area contributed by atoms with E-state index in [4.69, 9.17) is 9.15 Å². The topological polar surface area (TPSA) is 35.3 Å². The van der Waals surface area contributed by atoms with Crippen LogP contribution in [0.3, 0.4) is 0 Å². The number of oxazole rings is 1. The molecule has 0 aliphatic heterocycles. The Balaban J connectivity index is 1.66. The molecular formula is C15H13NO2S2. The van der Waals surface area contributed by atoms with E-state index in [1.165, 1.54) is 0 Å². The van der Waals surface area contributed by atoms with Crippen LogP contribution in [0.2, 0.25) is 0 Å². The predicted octanol–water partition coefficient (Wildman–Crippen LogP) is 4.70. The van der Waals surface area contributed by atoms with E-state index in [2.05, 4.69) is 11.1 Å². The van der Waals surface area contributed by atoms with Crippen LogP contribution < -0.4 is 4.74 Å². The zero-order valence-electron chi connectivity index (χ0n) is 10.9. The molecule has 0 aliphatic rings. The van der Waals surface area contributed by atoms with Gasteiger partial charge in [0.15, 0.2) is 0 Å². The second-order valence-corrected chi connectivity index (χ2v) is 6.09. The molecule has 102 valence electrons. The minimum Gasteiger partial charge on any atom is -0.497 e. The van der Waals surface area contributed by atoms with Gasteiger partial charge in [0.2, 0.25) is 5.89 Å². The summed E-state index contributed by atoms with van der Waals surface area (Å²) in [4.78, 5) is 6.72. The third-order valence-corrected chi connectivity index (χ3v) is 4.60. The Kier molecular flexibility index (Phi) is 4.08. The van der Waals surface area contributed by atoms with Crippen molar-refractivity contribution in [3.05, 3.63) is 53.7 Å². The van der Waals surface area contributed by atoms with Crippen molar-refractivity contribution in [3.8, 4) is 16.5 Å². The SMILES string of the molecule is COc1cccc(SCc2coc(-c3cccs3)n2)c1. The van der Waals surface area contributed by atoms with Crippen molar-refractivity contribution in [2.45, 2.75) is 10.6 Å². The van der Waals surface area contributed by atoms with E-state index < -0.39 is 0 Å². The van der Waals surface area contributed by atoms with E-state index >= 15 is 0 Å². The van der Waals surface area contributed by atoms with Crippen LogP contribution in [0.15, 0.2) is 57.4 Å². The summed E-state index contributed by atoms with van der Waals surface area (Å²) in [6.07, 6.45) is 1.72. The molecule has 0 spiro atoms. The number of hydrogen-bond acceptors (Lipinski definition) is 5. The first kappa shape index (κ1) is 13.3. The summed E-state index contributed by atoms with van der Waals surface area (Å²) in [5, 5.41) is 2.02. The van der Waals surface area contributed by atoms with Crippen LogP contribution in [0.25, 0.3) is 10.8 Å². The van der Waals surface area contributed by atoms with Gasteiger partial charge in [-0.1, -0.05) is 12.1 Å². The molecule has 0 radical (unpaired) electrons. The van der Waals surface area contributed by atoms with Gasteiger partial charge in [-0.15, -0.1) is 23.1 Å². The predicted molar refractivity (Wildman–Crippen MR) is 82.4 cm³/mol. The van der Waals surface area contributed by atoms with Gasteiger partial charge >= 0.3 is 0 Å². The molecule has 0 amide bonds. The molecule has 2 heterocycles. The van der Waals surface area contributed by atoms with Gasteiger partial charge in [0, 0.05) is 10.6 Å². The fraction of sp³-hybridized carbons (Fsp3) is 0.133. The molecule has 0 bridgehead atoms. The van der Waals surface area contributed by atoms with Gasteiger partial charge in [-0.05, 0) is 29.6 Å². The van der Waals surface area contributed by atoms with Crippen LogP contribution in [-0.4, -0.2) is 12.1 Å². The summed E-state index contributed by atoms with van der Waals surface area (Å²) in [5.41, 5.74) is 0.946. The van der Waals surface area contributed by atoms with E-state index in [1.54, 1.807) is 36.5 Å². The Bertz CT molecular complexity index is 677.